The molecule has 0 aromatic heterocycles. The minimum absolute atomic E-state index is 0.0517. The molecule has 0 aliphatic heterocycles. The minimum atomic E-state index is -0.129. The van der Waals surface area contributed by atoms with Gasteiger partial charge in [-0.2, -0.15) is 0 Å². The number of rotatable bonds is 1. The van der Waals surface area contributed by atoms with E-state index in [0.717, 1.165) is 24.2 Å². The first-order chi connectivity index (χ1) is 13.6. The molecule has 2 N–H and O–H groups in total. The summed E-state index contributed by atoms with van der Waals surface area (Å²) in [4.78, 5) is 0. The molecule has 0 bridgehead atoms. The number of aliphatic hydroxyl groups excluding tert-OH is 2. The summed E-state index contributed by atoms with van der Waals surface area (Å²) in [5, 5.41) is 21.2. The summed E-state index contributed by atoms with van der Waals surface area (Å²) in [6.07, 6.45) is 14.0. The predicted molar refractivity (Wildman–Crippen MR) is 118 cm³/mol. The van der Waals surface area contributed by atoms with Gasteiger partial charge in [0.2, 0.25) is 0 Å². The lowest BCUT2D eigenvalue weighted by Crippen LogP contribution is -2.66. The summed E-state index contributed by atoms with van der Waals surface area (Å²) in [5.74, 6) is 3.03. The second kappa shape index (κ2) is 6.25. The molecule has 0 heterocycles. The van der Waals surface area contributed by atoms with E-state index in [1.54, 1.807) is 0 Å². The van der Waals surface area contributed by atoms with E-state index in [9.17, 15) is 10.2 Å². The zero-order chi connectivity index (χ0) is 20.9. The Kier molecular flexibility index (Phi) is 4.48. The molecular weight excluding hydrogens is 356 g/mol. The van der Waals surface area contributed by atoms with Gasteiger partial charge in [0.15, 0.2) is 0 Å². The second-order valence-electron chi connectivity index (χ2n) is 13.6. The van der Waals surface area contributed by atoms with E-state index in [4.69, 9.17) is 0 Å². The topological polar surface area (TPSA) is 40.5 Å². The van der Waals surface area contributed by atoms with Crippen molar-refractivity contribution in [1.82, 2.24) is 0 Å². The van der Waals surface area contributed by atoms with Crippen molar-refractivity contribution in [2.75, 3.05) is 6.61 Å². The molecule has 7 unspecified atom stereocenters. The van der Waals surface area contributed by atoms with Crippen molar-refractivity contribution in [3.05, 3.63) is 0 Å². The number of hydrogen-bond acceptors (Lipinski definition) is 2. The third kappa shape index (κ3) is 2.37. The van der Waals surface area contributed by atoms with Crippen LogP contribution in [0.15, 0.2) is 0 Å². The van der Waals surface area contributed by atoms with E-state index in [1.165, 1.54) is 64.2 Å². The highest BCUT2D eigenvalue weighted by atomic mass is 16.3. The van der Waals surface area contributed by atoms with Gasteiger partial charge in [0.25, 0.3) is 0 Å². The fraction of sp³-hybridized carbons (Fsp3) is 1.00. The molecule has 0 aromatic rings. The van der Waals surface area contributed by atoms with Crippen LogP contribution in [0.1, 0.15) is 105 Å². The Hall–Kier alpha value is -0.0800. The van der Waals surface area contributed by atoms with Gasteiger partial charge in [-0.25, -0.2) is 0 Å². The summed E-state index contributed by atoms with van der Waals surface area (Å²) in [5.41, 5.74) is 1.54. The van der Waals surface area contributed by atoms with E-state index in [-0.39, 0.29) is 16.9 Å². The zero-order valence-electron chi connectivity index (χ0n) is 19.8. The summed E-state index contributed by atoms with van der Waals surface area (Å²) < 4.78 is 0. The van der Waals surface area contributed by atoms with Crippen LogP contribution in [-0.2, 0) is 0 Å². The third-order valence-electron chi connectivity index (χ3n) is 12.8. The molecule has 0 radical (unpaired) electrons. The monoisotopic (exact) mass is 402 g/mol. The van der Waals surface area contributed by atoms with Crippen LogP contribution in [-0.4, -0.2) is 22.9 Å². The zero-order valence-corrected chi connectivity index (χ0v) is 19.8. The molecule has 5 fully saturated rings. The molecule has 0 saturated heterocycles. The first kappa shape index (κ1) is 20.8. The Morgan fingerprint density at radius 1 is 0.690 bits per heavy atom. The maximum atomic E-state index is 10.8. The Labute approximate surface area is 179 Å². The summed E-state index contributed by atoms with van der Waals surface area (Å²) in [7, 11) is 0. The van der Waals surface area contributed by atoms with E-state index >= 15 is 0 Å². The van der Waals surface area contributed by atoms with Crippen LogP contribution in [0.25, 0.3) is 0 Å². The quantitative estimate of drug-likeness (QED) is 0.548. The molecular formula is C27H46O2. The van der Waals surface area contributed by atoms with E-state index < -0.39 is 0 Å². The molecule has 2 nitrogen and oxygen atoms in total. The highest BCUT2D eigenvalue weighted by Crippen LogP contribution is 2.76. The number of aliphatic hydroxyl groups is 2. The van der Waals surface area contributed by atoms with Crippen LogP contribution in [0.5, 0.6) is 0 Å². The van der Waals surface area contributed by atoms with Gasteiger partial charge >= 0.3 is 0 Å². The van der Waals surface area contributed by atoms with Crippen molar-refractivity contribution in [2.45, 2.75) is 111 Å². The Balaban J connectivity index is 1.53. The van der Waals surface area contributed by atoms with Crippen molar-refractivity contribution in [3.63, 3.8) is 0 Å². The number of fused-ring (bicyclic) bond motifs is 7. The molecule has 0 amide bonds. The van der Waals surface area contributed by atoms with E-state index in [0.29, 0.717) is 28.8 Å². The van der Waals surface area contributed by atoms with Gasteiger partial charge in [-0.3, -0.25) is 0 Å². The highest BCUT2D eigenvalue weighted by Gasteiger charge is 2.69. The van der Waals surface area contributed by atoms with Crippen LogP contribution < -0.4 is 0 Å². The largest absolute Gasteiger partial charge is 0.396 e. The molecule has 5 rings (SSSR count). The van der Waals surface area contributed by atoms with Gasteiger partial charge in [-0.15, -0.1) is 0 Å². The lowest BCUT2D eigenvalue weighted by Gasteiger charge is -2.72. The van der Waals surface area contributed by atoms with Crippen LogP contribution in [0.2, 0.25) is 0 Å². The van der Waals surface area contributed by atoms with Gasteiger partial charge in [-0.05, 0) is 115 Å². The van der Waals surface area contributed by atoms with E-state index in [1.807, 2.05) is 0 Å². The van der Waals surface area contributed by atoms with Crippen LogP contribution in [0.3, 0.4) is 0 Å². The summed E-state index contributed by atoms with van der Waals surface area (Å²) >= 11 is 0. The fourth-order valence-electron chi connectivity index (χ4n) is 11.0. The van der Waals surface area contributed by atoms with Crippen molar-refractivity contribution < 1.29 is 10.2 Å². The second-order valence-corrected chi connectivity index (χ2v) is 13.6. The van der Waals surface area contributed by atoms with Crippen LogP contribution in [0.4, 0.5) is 0 Å². The van der Waals surface area contributed by atoms with Gasteiger partial charge in [0.05, 0.1) is 6.10 Å². The first-order valence-corrected chi connectivity index (χ1v) is 12.8. The van der Waals surface area contributed by atoms with Gasteiger partial charge in [-0.1, -0.05) is 41.0 Å². The van der Waals surface area contributed by atoms with Crippen molar-refractivity contribution >= 4 is 0 Å². The Morgan fingerprint density at radius 3 is 2.17 bits per heavy atom. The molecule has 0 spiro atoms. The molecule has 166 valence electrons. The average Bonchev–Trinajstić information content (AvgIpc) is 3.10. The van der Waals surface area contributed by atoms with Crippen molar-refractivity contribution in [1.29, 1.82) is 0 Å². The van der Waals surface area contributed by atoms with Gasteiger partial charge in [0, 0.05) is 6.61 Å². The van der Waals surface area contributed by atoms with Crippen molar-refractivity contribution in [3.8, 4) is 0 Å². The van der Waals surface area contributed by atoms with Gasteiger partial charge < -0.3 is 10.2 Å². The Bertz CT molecular complexity index is 671. The maximum Gasteiger partial charge on any atom is 0.0594 e. The number of hydrogen-bond donors (Lipinski definition) is 2. The lowest BCUT2D eigenvalue weighted by molar-refractivity contribution is -0.247. The molecule has 0 aromatic carbocycles. The smallest absolute Gasteiger partial charge is 0.0594 e. The standard InChI is InChI=1S/C27H46O2/c1-23(2)20-10-14-26(5)21(24(20,3)13-11-22(23)29)9-8-18-19-7-6-12-27(19,17-28)16-15-25(18,26)4/h18-22,28-29H,6-17H2,1-5H3/t18?,19-,20?,21?,22?,24?,25-,26?,27?/m1/s1. The SMILES string of the molecule is CC1(C)C(O)CCC2(C)C1CCC1(C)C2CCC2[C@H]3CCCC3(CO)CC[C@]21C. The molecule has 9 atom stereocenters. The van der Waals surface area contributed by atoms with Crippen molar-refractivity contribution in [2.24, 2.45) is 50.7 Å². The molecule has 5 aliphatic rings. The molecule has 5 saturated carbocycles. The summed E-state index contributed by atoms with van der Waals surface area (Å²) in [6.45, 7) is 13.1. The molecule has 2 heteroatoms. The van der Waals surface area contributed by atoms with Gasteiger partial charge in [0.1, 0.15) is 0 Å². The normalized spacial score (nSPS) is 58.7. The van der Waals surface area contributed by atoms with Crippen LogP contribution >= 0.6 is 0 Å². The molecule has 5 aliphatic carbocycles. The highest BCUT2D eigenvalue weighted by molar-refractivity contribution is 5.18. The fourth-order valence-corrected chi connectivity index (χ4v) is 11.0. The minimum Gasteiger partial charge on any atom is -0.396 e. The third-order valence-corrected chi connectivity index (χ3v) is 12.8. The molecule has 29 heavy (non-hydrogen) atoms. The average molecular weight is 403 g/mol. The van der Waals surface area contributed by atoms with Crippen LogP contribution in [0, 0.1) is 50.7 Å². The van der Waals surface area contributed by atoms with E-state index in [2.05, 4.69) is 34.6 Å². The summed E-state index contributed by atoms with van der Waals surface area (Å²) in [6, 6.07) is 0. The first-order valence-electron chi connectivity index (χ1n) is 12.8. The maximum absolute atomic E-state index is 10.8. The lowest BCUT2D eigenvalue weighted by atomic mass is 9.32. The Morgan fingerprint density at radius 2 is 1.45 bits per heavy atom. The predicted octanol–water partition coefficient (Wildman–Crippen LogP) is 6.20.